The Labute approximate surface area is 146 Å². The molecule has 0 aliphatic rings. The second kappa shape index (κ2) is 7.12. The summed E-state index contributed by atoms with van der Waals surface area (Å²) in [4.78, 5) is 14.2. The first-order valence-electron chi connectivity index (χ1n) is 7.84. The topological polar surface area (TPSA) is 57.5 Å². The zero-order valence-corrected chi connectivity index (χ0v) is 14.5. The summed E-state index contributed by atoms with van der Waals surface area (Å²) in [5.74, 6) is 0. The van der Waals surface area contributed by atoms with E-state index in [-0.39, 0.29) is 0 Å². The average Bonchev–Trinajstić information content (AvgIpc) is 2.59. The quantitative estimate of drug-likeness (QED) is 0.288. The molecule has 0 aromatic heterocycles. The zero-order valence-electron chi connectivity index (χ0n) is 13.6. The summed E-state index contributed by atoms with van der Waals surface area (Å²) in [6.45, 7) is 7.90. The molecule has 0 aliphatic heterocycles. The first-order valence-corrected chi connectivity index (χ1v) is 9.01. The maximum absolute atomic E-state index is 8.70. The minimum atomic E-state index is -2.87. The van der Waals surface area contributed by atoms with Gasteiger partial charge in [0.1, 0.15) is 0 Å². The maximum Gasteiger partial charge on any atom is 0.692 e. The molecule has 0 saturated carbocycles. The average molecular weight is 349 g/mol. The summed E-state index contributed by atoms with van der Waals surface area (Å²) in [6.07, 6.45) is 4.81. The van der Waals surface area contributed by atoms with Crippen LogP contribution in [0.1, 0.15) is 11.1 Å². The summed E-state index contributed by atoms with van der Waals surface area (Å²) < 4.78 is 8.70. The van der Waals surface area contributed by atoms with E-state index in [1.165, 1.54) is 43.4 Å². The fourth-order valence-electron chi connectivity index (χ4n) is 3.46. The summed E-state index contributed by atoms with van der Waals surface area (Å²) in [7, 11) is -2.87. The Bertz CT molecular complexity index is 1080. The summed E-state index contributed by atoms with van der Waals surface area (Å²) in [5.41, 5.74) is 2.53. The minimum absolute atomic E-state index is 0.873. The summed E-state index contributed by atoms with van der Waals surface area (Å²) >= 11 is 0. The van der Waals surface area contributed by atoms with Gasteiger partial charge in [0.15, 0.2) is 0 Å². The predicted molar refractivity (Wildman–Crippen MR) is 106 cm³/mol. The molecular formula is C21H18O3P+. The van der Waals surface area contributed by atoms with Crippen molar-refractivity contribution in [1.29, 1.82) is 0 Å². The van der Waals surface area contributed by atoms with Crippen molar-refractivity contribution in [2.24, 2.45) is 0 Å². The van der Waals surface area contributed by atoms with Crippen LogP contribution >= 0.6 is 8.25 Å². The summed E-state index contributed by atoms with van der Waals surface area (Å²) in [5, 5.41) is 7.92. The standard InChI is InChI=1S/C21H16.HO3P/c1-3-6-16-13-17-10-9-14-7-5-8-15-11-12-19(18(16)4-2)21(17)20(14)15;1-4(2)3/h3-5,7-13H,1-2,6H2;(H-,1,2,3)/p+1. The Kier molecular flexibility index (Phi) is 4.91. The molecule has 4 aromatic carbocycles. The highest BCUT2D eigenvalue weighted by atomic mass is 31.1. The van der Waals surface area contributed by atoms with Crippen LogP contribution in [0.3, 0.4) is 0 Å². The molecular weight excluding hydrogens is 331 g/mol. The van der Waals surface area contributed by atoms with Crippen molar-refractivity contribution in [1.82, 2.24) is 0 Å². The van der Waals surface area contributed by atoms with Crippen molar-refractivity contribution >= 4 is 46.6 Å². The normalized spacial score (nSPS) is 10.6. The van der Waals surface area contributed by atoms with Gasteiger partial charge in [-0.2, -0.15) is 0 Å². The first-order chi connectivity index (χ1) is 12.1. The Balaban J connectivity index is 0.000000415. The predicted octanol–water partition coefficient (Wildman–Crippen LogP) is 5.58. The lowest BCUT2D eigenvalue weighted by atomic mass is 9.88. The van der Waals surface area contributed by atoms with Gasteiger partial charge in [0, 0.05) is 4.57 Å². The largest absolute Gasteiger partial charge is 0.692 e. The van der Waals surface area contributed by atoms with Crippen molar-refractivity contribution < 1.29 is 14.4 Å². The van der Waals surface area contributed by atoms with Crippen molar-refractivity contribution in [2.75, 3.05) is 0 Å². The minimum Gasteiger partial charge on any atom is -0.134 e. The highest BCUT2D eigenvalue weighted by molar-refractivity contribution is 7.30. The van der Waals surface area contributed by atoms with E-state index in [0.29, 0.717) is 0 Å². The van der Waals surface area contributed by atoms with Gasteiger partial charge in [-0.1, -0.05) is 67.3 Å². The Morgan fingerprint density at radius 3 is 2.12 bits per heavy atom. The van der Waals surface area contributed by atoms with Gasteiger partial charge in [-0.3, -0.25) is 0 Å². The van der Waals surface area contributed by atoms with Gasteiger partial charge < -0.3 is 0 Å². The van der Waals surface area contributed by atoms with Gasteiger partial charge in [0.25, 0.3) is 0 Å². The molecule has 0 aliphatic carbocycles. The second-order valence-electron chi connectivity index (χ2n) is 5.76. The van der Waals surface area contributed by atoms with Crippen LogP contribution in [0.25, 0.3) is 38.4 Å². The van der Waals surface area contributed by atoms with Gasteiger partial charge >= 0.3 is 8.25 Å². The molecule has 124 valence electrons. The molecule has 4 aromatic rings. The molecule has 4 rings (SSSR count). The van der Waals surface area contributed by atoms with E-state index in [1.54, 1.807) is 0 Å². The lowest BCUT2D eigenvalue weighted by molar-refractivity contribution is 0.405. The highest BCUT2D eigenvalue weighted by Crippen LogP contribution is 2.37. The van der Waals surface area contributed by atoms with Crippen molar-refractivity contribution in [3.05, 3.63) is 78.9 Å². The van der Waals surface area contributed by atoms with Gasteiger partial charge in [0.05, 0.1) is 0 Å². The van der Waals surface area contributed by atoms with E-state index in [2.05, 4.69) is 61.7 Å². The molecule has 0 fully saturated rings. The van der Waals surface area contributed by atoms with Crippen LogP contribution in [0.5, 0.6) is 0 Å². The third kappa shape index (κ3) is 3.18. The molecule has 0 atom stereocenters. The molecule has 2 N–H and O–H groups in total. The monoisotopic (exact) mass is 349 g/mol. The fourth-order valence-corrected chi connectivity index (χ4v) is 3.46. The van der Waals surface area contributed by atoms with E-state index in [1.807, 2.05) is 12.2 Å². The number of benzene rings is 4. The number of allylic oxidation sites excluding steroid dienone is 1. The van der Waals surface area contributed by atoms with Gasteiger partial charge in [-0.05, 0) is 49.9 Å². The lowest BCUT2D eigenvalue weighted by Gasteiger charge is -2.15. The Morgan fingerprint density at radius 1 is 0.920 bits per heavy atom. The summed E-state index contributed by atoms with van der Waals surface area (Å²) in [6, 6.07) is 17.7. The molecule has 25 heavy (non-hydrogen) atoms. The first kappa shape index (κ1) is 17.2. The molecule has 0 unspecified atom stereocenters. The molecule has 0 radical (unpaired) electrons. The van der Waals surface area contributed by atoms with Crippen LogP contribution in [0.15, 0.2) is 67.8 Å². The lowest BCUT2D eigenvalue weighted by Crippen LogP contribution is -1.92. The van der Waals surface area contributed by atoms with E-state index in [0.717, 1.165) is 6.42 Å². The van der Waals surface area contributed by atoms with Crippen LogP contribution in [0.2, 0.25) is 0 Å². The zero-order chi connectivity index (χ0) is 18.0. The molecule has 3 nitrogen and oxygen atoms in total. The second-order valence-corrected chi connectivity index (χ2v) is 6.26. The van der Waals surface area contributed by atoms with E-state index >= 15 is 0 Å². The van der Waals surface area contributed by atoms with Crippen LogP contribution in [-0.2, 0) is 11.0 Å². The Morgan fingerprint density at radius 2 is 1.52 bits per heavy atom. The van der Waals surface area contributed by atoms with Crippen molar-refractivity contribution in [2.45, 2.75) is 6.42 Å². The molecule has 0 saturated heterocycles. The smallest absolute Gasteiger partial charge is 0.134 e. The third-order valence-corrected chi connectivity index (χ3v) is 4.34. The van der Waals surface area contributed by atoms with Crippen LogP contribution < -0.4 is 0 Å². The van der Waals surface area contributed by atoms with Crippen LogP contribution in [-0.4, -0.2) is 9.79 Å². The fraction of sp³-hybridized carbons (Fsp3) is 0.0476. The van der Waals surface area contributed by atoms with Gasteiger partial charge in [0.2, 0.25) is 0 Å². The SMILES string of the molecule is C=CCc1cc2ccc3cccc4ccc(c1C=C)c2c34.O=[P+](O)O. The third-order valence-electron chi connectivity index (χ3n) is 4.34. The van der Waals surface area contributed by atoms with Crippen LogP contribution in [0.4, 0.5) is 0 Å². The van der Waals surface area contributed by atoms with E-state index < -0.39 is 8.25 Å². The number of hydrogen-bond acceptors (Lipinski definition) is 1. The number of hydrogen-bond donors (Lipinski definition) is 2. The molecule has 0 amide bonds. The molecule has 4 heteroatoms. The van der Waals surface area contributed by atoms with E-state index in [4.69, 9.17) is 14.4 Å². The van der Waals surface area contributed by atoms with Gasteiger partial charge in [-0.15, -0.1) is 16.4 Å². The Hall–Kier alpha value is -2.58. The molecule has 0 spiro atoms. The molecule has 0 bridgehead atoms. The van der Waals surface area contributed by atoms with Gasteiger partial charge in [-0.25, -0.2) is 0 Å². The van der Waals surface area contributed by atoms with Crippen molar-refractivity contribution in [3.63, 3.8) is 0 Å². The van der Waals surface area contributed by atoms with Crippen LogP contribution in [0, 0.1) is 0 Å². The van der Waals surface area contributed by atoms with Crippen molar-refractivity contribution in [3.8, 4) is 0 Å². The number of rotatable bonds is 3. The molecule has 0 heterocycles. The van der Waals surface area contributed by atoms with E-state index in [9.17, 15) is 0 Å². The highest BCUT2D eigenvalue weighted by Gasteiger charge is 2.12. The maximum atomic E-state index is 8.70.